The van der Waals surface area contributed by atoms with Crippen molar-refractivity contribution in [2.24, 2.45) is 5.92 Å². The van der Waals surface area contributed by atoms with Gasteiger partial charge in [-0.25, -0.2) is 13.1 Å². The highest BCUT2D eigenvalue weighted by atomic mass is 32.2. The smallest absolute Gasteiger partial charge is 0.269 e. The van der Waals surface area contributed by atoms with Gasteiger partial charge in [0.25, 0.3) is 5.91 Å². The van der Waals surface area contributed by atoms with Crippen LogP contribution in [-0.2, 0) is 14.8 Å². The molecule has 3 N–H and O–H groups in total. The molecule has 8 heteroatoms. The molecule has 2 amide bonds. The molecule has 1 aromatic rings. The lowest BCUT2D eigenvalue weighted by molar-refractivity contribution is -0.126. The first-order chi connectivity index (χ1) is 12.1. The molecule has 0 unspecified atom stereocenters. The molecule has 1 fully saturated rings. The van der Waals surface area contributed by atoms with Gasteiger partial charge in [-0.15, -0.1) is 0 Å². The Labute approximate surface area is 155 Å². The maximum Gasteiger partial charge on any atom is 0.269 e. The number of hydrogen-bond donors (Lipinski definition) is 3. The molecule has 0 atom stereocenters. The summed E-state index contributed by atoms with van der Waals surface area (Å²) in [6.07, 6.45) is 4.83. The Kier molecular flexibility index (Phi) is 6.41. The standard InChI is InChI=1S/C18H27N3O4S/c1-18(2,3)21-26(24,25)15-11-7-10-14(12-15)17(23)20-19-16(22)13-8-5-4-6-9-13/h7,10-13,21H,4-6,8-9H2,1-3H3,(H,19,22)(H,20,23). The quantitative estimate of drug-likeness (QED) is 0.695. The number of benzene rings is 1. The topological polar surface area (TPSA) is 104 Å². The number of carbonyl (C=O) groups is 2. The molecule has 0 spiro atoms. The van der Waals surface area contributed by atoms with E-state index in [1.54, 1.807) is 20.8 Å². The van der Waals surface area contributed by atoms with Crippen molar-refractivity contribution in [3.63, 3.8) is 0 Å². The normalized spacial score (nSPS) is 16.1. The van der Waals surface area contributed by atoms with Gasteiger partial charge in [0.05, 0.1) is 4.90 Å². The van der Waals surface area contributed by atoms with Gasteiger partial charge in [0.1, 0.15) is 0 Å². The van der Waals surface area contributed by atoms with Crippen molar-refractivity contribution in [1.29, 1.82) is 0 Å². The van der Waals surface area contributed by atoms with Gasteiger partial charge in [-0.2, -0.15) is 0 Å². The summed E-state index contributed by atoms with van der Waals surface area (Å²) in [5, 5.41) is 0. The minimum Gasteiger partial charge on any atom is -0.273 e. The molecule has 0 aliphatic heterocycles. The average molecular weight is 381 g/mol. The van der Waals surface area contributed by atoms with Crippen LogP contribution in [0.25, 0.3) is 0 Å². The molecule has 0 saturated heterocycles. The molecule has 7 nitrogen and oxygen atoms in total. The highest BCUT2D eigenvalue weighted by Gasteiger charge is 2.24. The van der Waals surface area contributed by atoms with Crippen LogP contribution in [0.5, 0.6) is 0 Å². The van der Waals surface area contributed by atoms with E-state index in [-0.39, 0.29) is 22.3 Å². The largest absolute Gasteiger partial charge is 0.273 e. The number of nitrogens with one attached hydrogen (secondary N) is 3. The Morgan fingerprint density at radius 1 is 1.04 bits per heavy atom. The van der Waals surface area contributed by atoms with Crippen LogP contribution >= 0.6 is 0 Å². The first kappa shape index (κ1) is 20.4. The molecule has 1 aliphatic carbocycles. The van der Waals surface area contributed by atoms with Crippen LogP contribution in [0.3, 0.4) is 0 Å². The molecule has 144 valence electrons. The summed E-state index contributed by atoms with van der Waals surface area (Å²) >= 11 is 0. The second kappa shape index (κ2) is 8.18. The van der Waals surface area contributed by atoms with Crippen LogP contribution in [-0.4, -0.2) is 25.8 Å². The molecular weight excluding hydrogens is 354 g/mol. The molecule has 1 saturated carbocycles. The van der Waals surface area contributed by atoms with Crippen molar-refractivity contribution in [3.8, 4) is 0 Å². The first-order valence-electron chi connectivity index (χ1n) is 8.83. The summed E-state index contributed by atoms with van der Waals surface area (Å²) in [6, 6.07) is 5.70. The van der Waals surface area contributed by atoms with E-state index in [1.807, 2.05) is 0 Å². The monoisotopic (exact) mass is 381 g/mol. The summed E-state index contributed by atoms with van der Waals surface area (Å²) in [6.45, 7) is 5.21. The lowest BCUT2D eigenvalue weighted by Gasteiger charge is -2.21. The number of amides is 2. The Bertz CT molecular complexity index is 763. The highest BCUT2D eigenvalue weighted by molar-refractivity contribution is 7.89. The van der Waals surface area contributed by atoms with Crippen LogP contribution < -0.4 is 15.6 Å². The molecule has 0 heterocycles. The summed E-state index contributed by atoms with van der Waals surface area (Å²) in [5.74, 6) is -0.829. The van der Waals surface area contributed by atoms with Crippen molar-refractivity contribution in [2.45, 2.75) is 63.3 Å². The third kappa shape index (κ3) is 5.81. The number of hydrogen-bond acceptors (Lipinski definition) is 4. The zero-order valence-electron chi connectivity index (χ0n) is 15.5. The molecule has 0 radical (unpaired) electrons. The van der Waals surface area contributed by atoms with Crippen LogP contribution in [0.4, 0.5) is 0 Å². The molecule has 26 heavy (non-hydrogen) atoms. The lowest BCUT2D eigenvalue weighted by atomic mass is 9.89. The predicted octanol–water partition coefficient (Wildman–Crippen LogP) is 2.10. The molecule has 0 bridgehead atoms. The van der Waals surface area contributed by atoms with Gasteiger partial charge in [0, 0.05) is 17.0 Å². The van der Waals surface area contributed by atoms with Gasteiger partial charge in [-0.1, -0.05) is 25.3 Å². The number of carbonyl (C=O) groups excluding carboxylic acids is 2. The predicted molar refractivity (Wildman–Crippen MR) is 98.7 cm³/mol. The van der Waals surface area contributed by atoms with Gasteiger partial charge < -0.3 is 0 Å². The van der Waals surface area contributed by atoms with E-state index in [0.29, 0.717) is 0 Å². The van der Waals surface area contributed by atoms with Crippen molar-refractivity contribution in [3.05, 3.63) is 29.8 Å². The Hall–Kier alpha value is -1.93. The fourth-order valence-electron chi connectivity index (χ4n) is 2.92. The minimum absolute atomic E-state index is 0.00122. The van der Waals surface area contributed by atoms with E-state index in [4.69, 9.17) is 0 Å². The van der Waals surface area contributed by atoms with E-state index >= 15 is 0 Å². The van der Waals surface area contributed by atoms with Crippen LogP contribution in [0.2, 0.25) is 0 Å². The van der Waals surface area contributed by atoms with E-state index < -0.39 is 21.5 Å². The van der Waals surface area contributed by atoms with Crippen molar-refractivity contribution >= 4 is 21.8 Å². The summed E-state index contributed by atoms with van der Waals surface area (Å²) in [5.41, 5.74) is 4.34. The van der Waals surface area contributed by atoms with Crippen LogP contribution in [0, 0.1) is 5.92 Å². The summed E-state index contributed by atoms with van der Waals surface area (Å²) in [7, 11) is -3.74. The zero-order chi connectivity index (χ0) is 19.4. The highest BCUT2D eigenvalue weighted by Crippen LogP contribution is 2.23. The van der Waals surface area contributed by atoms with E-state index in [9.17, 15) is 18.0 Å². The van der Waals surface area contributed by atoms with Gasteiger partial charge >= 0.3 is 0 Å². The second-order valence-electron chi connectivity index (χ2n) is 7.66. The molecule has 1 aromatic carbocycles. The molecular formula is C18H27N3O4S. The van der Waals surface area contributed by atoms with E-state index in [0.717, 1.165) is 32.1 Å². The van der Waals surface area contributed by atoms with E-state index in [1.165, 1.54) is 24.3 Å². The van der Waals surface area contributed by atoms with Crippen molar-refractivity contribution in [2.75, 3.05) is 0 Å². The van der Waals surface area contributed by atoms with Crippen LogP contribution in [0.1, 0.15) is 63.2 Å². The Balaban J connectivity index is 2.02. The summed E-state index contributed by atoms with van der Waals surface area (Å²) < 4.78 is 27.3. The van der Waals surface area contributed by atoms with Gasteiger partial charge in [-0.3, -0.25) is 20.4 Å². The SMILES string of the molecule is CC(C)(C)NS(=O)(=O)c1cccc(C(=O)NNC(=O)C2CCCCC2)c1. The number of rotatable bonds is 4. The van der Waals surface area contributed by atoms with Gasteiger partial charge in [-0.05, 0) is 51.8 Å². The Morgan fingerprint density at radius 3 is 2.31 bits per heavy atom. The van der Waals surface area contributed by atoms with Gasteiger partial charge in [0.15, 0.2) is 0 Å². The maximum atomic E-state index is 12.4. The molecule has 1 aliphatic rings. The van der Waals surface area contributed by atoms with Crippen molar-refractivity contribution < 1.29 is 18.0 Å². The fourth-order valence-corrected chi connectivity index (χ4v) is 4.39. The van der Waals surface area contributed by atoms with E-state index in [2.05, 4.69) is 15.6 Å². The minimum atomic E-state index is -3.74. The second-order valence-corrected chi connectivity index (χ2v) is 9.34. The zero-order valence-corrected chi connectivity index (χ0v) is 16.3. The fraction of sp³-hybridized carbons (Fsp3) is 0.556. The maximum absolute atomic E-state index is 12.4. The third-order valence-electron chi connectivity index (χ3n) is 4.12. The van der Waals surface area contributed by atoms with Gasteiger partial charge in [0.2, 0.25) is 15.9 Å². The average Bonchev–Trinajstić information content (AvgIpc) is 2.58. The Morgan fingerprint density at radius 2 is 1.69 bits per heavy atom. The summed E-state index contributed by atoms with van der Waals surface area (Å²) in [4.78, 5) is 24.3. The van der Waals surface area contributed by atoms with Crippen molar-refractivity contribution in [1.82, 2.24) is 15.6 Å². The molecule has 0 aromatic heterocycles. The third-order valence-corrected chi connectivity index (χ3v) is 5.88. The molecule has 2 rings (SSSR count). The lowest BCUT2D eigenvalue weighted by Crippen LogP contribution is -2.45. The first-order valence-corrected chi connectivity index (χ1v) is 10.3. The number of sulfonamides is 1. The van der Waals surface area contributed by atoms with Crippen LogP contribution in [0.15, 0.2) is 29.2 Å². The number of hydrazine groups is 1.